The van der Waals surface area contributed by atoms with E-state index in [1.54, 1.807) is 6.20 Å². The van der Waals surface area contributed by atoms with Gasteiger partial charge in [-0.05, 0) is 65.8 Å². The van der Waals surface area contributed by atoms with Crippen molar-refractivity contribution in [2.45, 2.75) is 106 Å². The van der Waals surface area contributed by atoms with E-state index in [1.165, 1.54) is 5.56 Å². The maximum Gasteiger partial charge on any atom is 0.249 e. The normalized spacial score (nSPS) is 14.7. The van der Waals surface area contributed by atoms with Gasteiger partial charge in [-0.3, -0.25) is 4.79 Å². The maximum atomic E-state index is 13.2. The summed E-state index contributed by atoms with van der Waals surface area (Å²) >= 11 is 0. The molecule has 0 saturated carbocycles. The van der Waals surface area contributed by atoms with Crippen LogP contribution in [0.5, 0.6) is 0 Å². The van der Waals surface area contributed by atoms with Crippen molar-refractivity contribution in [2.75, 3.05) is 6.61 Å². The second kappa shape index (κ2) is 15.8. The summed E-state index contributed by atoms with van der Waals surface area (Å²) in [6, 6.07) is 12.7. The fourth-order valence-electron chi connectivity index (χ4n) is 4.60. The first-order valence-corrected chi connectivity index (χ1v) is 14.8. The highest BCUT2D eigenvalue weighted by Crippen LogP contribution is 2.29. The maximum absolute atomic E-state index is 13.2. The topological polar surface area (TPSA) is 75.9 Å². The van der Waals surface area contributed by atoms with Gasteiger partial charge in [-0.15, -0.1) is 0 Å². The minimum atomic E-state index is -0.571. The Kier molecular flexibility index (Phi) is 13.2. The van der Waals surface area contributed by atoms with Crippen molar-refractivity contribution in [3.63, 3.8) is 0 Å². The lowest BCUT2D eigenvalue weighted by Crippen LogP contribution is -2.50. The van der Waals surface area contributed by atoms with Crippen LogP contribution in [0, 0.1) is 11.3 Å². The van der Waals surface area contributed by atoms with Crippen molar-refractivity contribution in [2.24, 2.45) is 11.3 Å². The van der Waals surface area contributed by atoms with Crippen LogP contribution in [0.15, 0.2) is 55.0 Å². The Morgan fingerprint density at radius 2 is 1.77 bits per heavy atom. The van der Waals surface area contributed by atoms with Crippen LogP contribution in [-0.2, 0) is 16.0 Å². The van der Waals surface area contributed by atoms with Crippen LogP contribution in [0.1, 0.15) is 86.6 Å². The molecule has 0 spiro atoms. The lowest BCUT2D eigenvalue weighted by Gasteiger charge is -2.35. The van der Waals surface area contributed by atoms with Crippen LogP contribution in [0.4, 0.5) is 0 Å². The van der Waals surface area contributed by atoms with Crippen molar-refractivity contribution < 1.29 is 14.6 Å². The number of nitrogens with one attached hydrogen (secondary N) is 1. The average molecular weight is 538 g/mol. The quantitative estimate of drug-likeness (QED) is 0.230. The highest BCUT2D eigenvalue weighted by atomic mass is 16.5. The number of imidazole rings is 1. The van der Waals surface area contributed by atoms with E-state index < -0.39 is 12.2 Å². The second-order valence-electron chi connectivity index (χ2n) is 11.0. The van der Waals surface area contributed by atoms with E-state index in [0.717, 1.165) is 42.5 Å². The summed E-state index contributed by atoms with van der Waals surface area (Å²) in [4.78, 5) is 17.6. The smallest absolute Gasteiger partial charge is 0.249 e. The molecule has 0 bridgehead atoms. The first-order chi connectivity index (χ1) is 18.7. The zero-order valence-corrected chi connectivity index (χ0v) is 25.4. The number of carbonyl (C=O) groups excluding carboxylic acids is 1. The molecule has 0 radical (unpaired) electrons. The summed E-state index contributed by atoms with van der Waals surface area (Å²) in [6.07, 6.45) is 8.83. The third-order valence-electron chi connectivity index (χ3n) is 7.83. The van der Waals surface area contributed by atoms with Crippen LogP contribution in [0.25, 0.3) is 16.8 Å². The van der Waals surface area contributed by atoms with E-state index in [4.69, 9.17) is 4.74 Å². The number of pyridine rings is 1. The predicted octanol–water partition coefficient (Wildman–Crippen LogP) is 7.08. The summed E-state index contributed by atoms with van der Waals surface area (Å²) in [5.74, 6) is 0.0518. The van der Waals surface area contributed by atoms with Gasteiger partial charge in [0.25, 0.3) is 0 Å². The molecule has 0 saturated heterocycles. The zero-order chi connectivity index (χ0) is 29.0. The van der Waals surface area contributed by atoms with E-state index in [-0.39, 0.29) is 29.9 Å². The standard InChI is InChI=1S/C31H45N3O3.C2H6/c1-7-10-22(4)26(35)21-37-27(8-2)30(36)33-28(31(5,6)9-3)19-23-11-13-24(14-12-23)25-15-17-34-18-16-32-29(34)20-25;1-2/h11-18,20,22,26-28,35H,7-10,19,21H2,1-6H3,(H,33,36);1-2H3. The minimum Gasteiger partial charge on any atom is -0.390 e. The molecule has 1 aromatic carbocycles. The van der Waals surface area contributed by atoms with Crippen molar-refractivity contribution >= 4 is 11.6 Å². The van der Waals surface area contributed by atoms with Crippen molar-refractivity contribution in [1.82, 2.24) is 14.7 Å². The lowest BCUT2D eigenvalue weighted by molar-refractivity contribution is -0.137. The van der Waals surface area contributed by atoms with E-state index in [0.29, 0.717) is 6.42 Å². The number of ether oxygens (including phenoxy) is 1. The van der Waals surface area contributed by atoms with Gasteiger partial charge in [0.05, 0.1) is 12.7 Å². The lowest BCUT2D eigenvalue weighted by atomic mass is 9.78. The Labute approximate surface area is 236 Å². The molecule has 0 aliphatic rings. The molecule has 3 rings (SSSR count). The Bertz CT molecular complexity index is 1120. The molecule has 0 aliphatic heterocycles. The van der Waals surface area contributed by atoms with Crippen LogP contribution < -0.4 is 5.32 Å². The molecular formula is C33H51N3O3. The number of carbonyl (C=O) groups is 1. The van der Waals surface area contributed by atoms with Crippen molar-refractivity contribution in [1.29, 1.82) is 0 Å². The molecule has 0 fully saturated rings. The Morgan fingerprint density at radius 3 is 2.38 bits per heavy atom. The van der Waals surface area contributed by atoms with Gasteiger partial charge in [0.1, 0.15) is 11.8 Å². The number of benzene rings is 1. The van der Waals surface area contributed by atoms with Crippen LogP contribution >= 0.6 is 0 Å². The predicted molar refractivity (Wildman–Crippen MR) is 162 cm³/mol. The molecule has 2 heterocycles. The Hall–Kier alpha value is -2.70. The Morgan fingerprint density at radius 1 is 1.08 bits per heavy atom. The van der Waals surface area contributed by atoms with Gasteiger partial charge in [0, 0.05) is 24.6 Å². The number of hydrogen-bond acceptors (Lipinski definition) is 4. The minimum absolute atomic E-state index is 0.0429. The molecule has 2 N–H and O–H groups in total. The molecule has 4 atom stereocenters. The number of rotatable bonds is 14. The number of aromatic nitrogens is 2. The average Bonchev–Trinajstić information content (AvgIpc) is 3.42. The van der Waals surface area contributed by atoms with Crippen LogP contribution in [0.2, 0.25) is 0 Å². The van der Waals surface area contributed by atoms with Gasteiger partial charge >= 0.3 is 0 Å². The molecule has 6 heteroatoms. The van der Waals surface area contributed by atoms with Gasteiger partial charge in [-0.2, -0.15) is 0 Å². The molecule has 1 amide bonds. The van der Waals surface area contributed by atoms with Gasteiger partial charge in [-0.1, -0.05) is 86.1 Å². The van der Waals surface area contributed by atoms with Gasteiger partial charge in [0.15, 0.2) is 0 Å². The zero-order valence-electron chi connectivity index (χ0n) is 25.4. The number of aliphatic hydroxyl groups excluding tert-OH is 1. The second-order valence-corrected chi connectivity index (χ2v) is 11.0. The Balaban J connectivity index is 0.00000260. The first kappa shape index (κ1) is 32.5. The third-order valence-corrected chi connectivity index (χ3v) is 7.83. The number of amides is 1. The molecule has 6 nitrogen and oxygen atoms in total. The van der Waals surface area contributed by atoms with E-state index in [9.17, 15) is 9.90 Å². The van der Waals surface area contributed by atoms with E-state index >= 15 is 0 Å². The summed E-state index contributed by atoms with van der Waals surface area (Å²) in [7, 11) is 0. The summed E-state index contributed by atoms with van der Waals surface area (Å²) in [5, 5.41) is 13.7. The van der Waals surface area contributed by atoms with Crippen LogP contribution in [0.3, 0.4) is 0 Å². The van der Waals surface area contributed by atoms with E-state index in [2.05, 4.69) is 74.4 Å². The fraction of sp³-hybridized carbons (Fsp3) is 0.576. The summed E-state index contributed by atoms with van der Waals surface area (Å²) in [6.45, 7) is 16.8. The van der Waals surface area contributed by atoms with Crippen molar-refractivity contribution in [3.8, 4) is 11.1 Å². The number of fused-ring (bicyclic) bond motifs is 1. The molecule has 39 heavy (non-hydrogen) atoms. The number of aliphatic hydroxyl groups is 1. The first-order valence-electron chi connectivity index (χ1n) is 14.8. The molecular weight excluding hydrogens is 486 g/mol. The highest BCUT2D eigenvalue weighted by Gasteiger charge is 2.31. The fourth-order valence-corrected chi connectivity index (χ4v) is 4.60. The molecule has 216 valence electrons. The summed E-state index contributed by atoms with van der Waals surface area (Å²) < 4.78 is 7.90. The molecule has 2 aromatic heterocycles. The molecule has 0 aliphatic carbocycles. The molecule has 3 aromatic rings. The largest absolute Gasteiger partial charge is 0.390 e. The number of nitrogens with zero attached hydrogens (tertiary/aromatic N) is 2. The van der Waals surface area contributed by atoms with E-state index in [1.807, 2.05) is 44.5 Å². The highest BCUT2D eigenvalue weighted by molar-refractivity contribution is 5.81. The van der Waals surface area contributed by atoms with Gasteiger partial charge in [0.2, 0.25) is 5.91 Å². The van der Waals surface area contributed by atoms with Gasteiger partial charge < -0.3 is 19.6 Å². The SMILES string of the molecule is CC.CCCC(C)C(O)COC(CC)C(=O)NC(Cc1ccc(-c2ccn3ccnc3c2)cc1)C(C)(C)CC. The van der Waals surface area contributed by atoms with Gasteiger partial charge in [-0.25, -0.2) is 4.98 Å². The summed E-state index contributed by atoms with van der Waals surface area (Å²) in [5.41, 5.74) is 4.28. The van der Waals surface area contributed by atoms with Crippen LogP contribution in [-0.4, -0.2) is 45.3 Å². The monoisotopic (exact) mass is 537 g/mol. The molecule has 4 unspecified atom stereocenters. The van der Waals surface area contributed by atoms with Crippen molar-refractivity contribution in [3.05, 3.63) is 60.6 Å². The number of hydrogen-bond donors (Lipinski definition) is 2. The third kappa shape index (κ3) is 9.18.